The molecule has 1 saturated heterocycles. The van der Waals surface area contributed by atoms with Crippen molar-refractivity contribution in [2.24, 2.45) is 0 Å². The number of hydrogen-bond donors (Lipinski definition) is 0. The molecule has 0 unspecified atom stereocenters. The molecule has 2 heterocycles. The van der Waals surface area contributed by atoms with Gasteiger partial charge in [-0.25, -0.2) is 4.39 Å². The van der Waals surface area contributed by atoms with Crippen LogP contribution in [0.25, 0.3) is 11.4 Å². The molecule has 5 nitrogen and oxygen atoms in total. The molecule has 1 amide bonds. The van der Waals surface area contributed by atoms with Crippen LogP contribution in [0.3, 0.4) is 0 Å². The van der Waals surface area contributed by atoms with Crippen molar-refractivity contribution in [3.8, 4) is 11.4 Å². The largest absolute Gasteiger partial charge is 0.416 e. The van der Waals surface area contributed by atoms with Gasteiger partial charge in [0, 0.05) is 24.2 Å². The van der Waals surface area contributed by atoms with Crippen molar-refractivity contribution in [1.82, 2.24) is 10.1 Å². The maximum atomic E-state index is 13.1. The molecule has 3 aromatic rings. The van der Waals surface area contributed by atoms with Crippen LogP contribution in [0.4, 0.5) is 23.2 Å². The molecular weight excluding hydrogens is 378 g/mol. The zero-order chi connectivity index (χ0) is 19.9. The molecule has 0 bridgehead atoms. The molecule has 0 spiro atoms. The quantitative estimate of drug-likeness (QED) is 0.621. The molecule has 28 heavy (non-hydrogen) atoms. The van der Waals surface area contributed by atoms with Gasteiger partial charge in [-0.15, -0.1) is 0 Å². The lowest BCUT2D eigenvalue weighted by atomic mass is 10.1. The Morgan fingerprint density at radius 3 is 2.36 bits per heavy atom. The first-order chi connectivity index (χ1) is 13.3. The summed E-state index contributed by atoms with van der Waals surface area (Å²) in [5, 5.41) is 3.81. The lowest BCUT2D eigenvalue weighted by Crippen LogP contribution is -2.24. The molecule has 0 N–H and O–H groups in total. The minimum absolute atomic E-state index is 0.145. The molecule has 0 saturated carbocycles. The van der Waals surface area contributed by atoms with Crippen LogP contribution in [0.5, 0.6) is 0 Å². The van der Waals surface area contributed by atoms with Gasteiger partial charge in [0.25, 0.3) is 0 Å². The summed E-state index contributed by atoms with van der Waals surface area (Å²) < 4.78 is 56.3. The van der Waals surface area contributed by atoms with E-state index in [0.717, 1.165) is 12.1 Å². The SMILES string of the molecule is O=C1C[C@H](c2nc(-c3ccc(C(F)(F)F)cc3)no2)CN1c1ccc(F)cc1. The van der Waals surface area contributed by atoms with E-state index >= 15 is 0 Å². The molecule has 1 aliphatic heterocycles. The van der Waals surface area contributed by atoms with Crippen molar-refractivity contribution in [2.45, 2.75) is 18.5 Å². The van der Waals surface area contributed by atoms with Crippen molar-refractivity contribution in [3.63, 3.8) is 0 Å². The predicted octanol–water partition coefficient (Wildman–Crippen LogP) is 4.42. The van der Waals surface area contributed by atoms with Crippen LogP contribution in [0.2, 0.25) is 0 Å². The number of amides is 1. The maximum Gasteiger partial charge on any atom is 0.416 e. The topological polar surface area (TPSA) is 59.2 Å². The number of halogens is 4. The monoisotopic (exact) mass is 391 g/mol. The van der Waals surface area contributed by atoms with Crippen LogP contribution in [0, 0.1) is 5.82 Å². The smallest absolute Gasteiger partial charge is 0.339 e. The fraction of sp³-hybridized carbons (Fsp3) is 0.211. The standard InChI is InChI=1S/C19H13F4N3O2/c20-14-5-7-15(8-6-14)26-10-12(9-16(26)27)18-24-17(25-28-18)11-1-3-13(4-2-11)19(21,22)23/h1-8,12H,9-10H2/t12-/m0/s1. The van der Waals surface area contributed by atoms with Crippen molar-refractivity contribution >= 4 is 11.6 Å². The molecule has 0 radical (unpaired) electrons. The Morgan fingerprint density at radius 2 is 1.71 bits per heavy atom. The van der Waals surface area contributed by atoms with Gasteiger partial charge in [0.1, 0.15) is 5.82 Å². The summed E-state index contributed by atoms with van der Waals surface area (Å²) in [4.78, 5) is 18.0. The number of carbonyl (C=O) groups is 1. The third kappa shape index (κ3) is 3.47. The highest BCUT2D eigenvalue weighted by atomic mass is 19.4. The number of aromatic nitrogens is 2. The Balaban J connectivity index is 1.52. The number of benzene rings is 2. The van der Waals surface area contributed by atoms with Gasteiger partial charge in [0.15, 0.2) is 0 Å². The van der Waals surface area contributed by atoms with E-state index in [0.29, 0.717) is 17.8 Å². The highest BCUT2D eigenvalue weighted by molar-refractivity contribution is 5.96. The summed E-state index contributed by atoms with van der Waals surface area (Å²) in [6.07, 6.45) is -4.28. The predicted molar refractivity (Wildman–Crippen MR) is 90.8 cm³/mol. The molecule has 0 aliphatic carbocycles. The highest BCUT2D eigenvalue weighted by Gasteiger charge is 2.35. The third-order valence-electron chi connectivity index (χ3n) is 4.52. The first kappa shape index (κ1) is 18.1. The first-order valence-electron chi connectivity index (χ1n) is 8.38. The van der Waals surface area contributed by atoms with Crippen molar-refractivity contribution in [1.29, 1.82) is 0 Å². The molecule has 1 aromatic heterocycles. The molecule has 1 atom stereocenters. The number of alkyl halides is 3. The fourth-order valence-electron chi connectivity index (χ4n) is 3.07. The Kier molecular flexibility index (Phi) is 4.37. The van der Waals surface area contributed by atoms with Crippen LogP contribution in [-0.2, 0) is 11.0 Å². The van der Waals surface area contributed by atoms with E-state index in [-0.39, 0.29) is 30.0 Å². The van der Waals surface area contributed by atoms with Gasteiger partial charge in [-0.3, -0.25) is 4.79 Å². The number of nitrogens with zero attached hydrogens (tertiary/aromatic N) is 3. The minimum atomic E-state index is -4.42. The van der Waals surface area contributed by atoms with Crippen LogP contribution in [0.1, 0.15) is 23.8 Å². The average molecular weight is 391 g/mol. The first-order valence-corrected chi connectivity index (χ1v) is 8.38. The molecule has 1 aliphatic rings. The van der Waals surface area contributed by atoms with E-state index in [9.17, 15) is 22.4 Å². The van der Waals surface area contributed by atoms with Gasteiger partial charge in [0.2, 0.25) is 17.6 Å². The second-order valence-electron chi connectivity index (χ2n) is 6.41. The summed E-state index contributed by atoms with van der Waals surface area (Å²) in [5.74, 6) is -0.534. The molecule has 4 rings (SSSR count). The van der Waals surface area contributed by atoms with Crippen molar-refractivity contribution in [3.05, 3.63) is 65.8 Å². The number of carbonyl (C=O) groups excluding carboxylic acids is 1. The fourth-order valence-corrected chi connectivity index (χ4v) is 3.07. The van der Waals surface area contributed by atoms with Gasteiger partial charge in [-0.2, -0.15) is 18.2 Å². The van der Waals surface area contributed by atoms with E-state index in [1.165, 1.54) is 41.3 Å². The zero-order valence-corrected chi connectivity index (χ0v) is 14.3. The molecule has 2 aromatic carbocycles. The van der Waals surface area contributed by atoms with E-state index in [2.05, 4.69) is 10.1 Å². The second-order valence-corrected chi connectivity index (χ2v) is 6.41. The van der Waals surface area contributed by atoms with Crippen LogP contribution < -0.4 is 4.90 Å². The lowest BCUT2D eigenvalue weighted by molar-refractivity contribution is -0.137. The summed E-state index contributed by atoms with van der Waals surface area (Å²) in [5.41, 5.74) is 0.176. The van der Waals surface area contributed by atoms with E-state index in [1.807, 2.05) is 0 Å². The normalized spacial score (nSPS) is 17.4. The van der Waals surface area contributed by atoms with Crippen LogP contribution in [0.15, 0.2) is 53.1 Å². The van der Waals surface area contributed by atoms with Crippen molar-refractivity contribution < 1.29 is 26.9 Å². The Bertz CT molecular complexity index is 997. The lowest BCUT2D eigenvalue weighted by Gasteiger charge is -2.15. The third-order valence-corrected chi connectivity index (χ3v) is 4.52. The Labute approximate surface area is 156 Å². The van der Waals surface area contributed by atoms with Crippen molar-refractivity contribution in [2.75, 3.05) is 11.4 Å². The molecule has 1 fully saturated rings. The van der Waals surface area contributed by atoms with Crippen LogP contribution in [-0.4, -0.2) is 22.6 Å². The summed E-state index contributed by atoms with van der Waals surface area (Å²) in [6.45, 7) is 0.291. The second kappa shape index (κ2) is 6.74. The number of hydrogen-bond acceptors (Lipinski definition) is 4. The van der Waals surface area contributed by atoms with E-state index < -0.39 is 17.6 Å². The van der Waals surface area contributed by atoms with Gasteiger partial charge in [-0.05, 0) is 36.4 Å². The number of rotatable bonds is 3. The Hall–Kier alpha value is -3.23. The average Bonchev–Trinajstić information content (AvgIpc) is 3.29. The van der Waals surface area contributed by atoms with Gasteiger partial charge >= 0.3 is 6.18 Å². The van der Waals surface area contributed by atoms with Gasteiger partial charge < -0.3 is 9.42 Å². The van der Waals surface area contributed by atoms with Gasteiger partial charge in [-0.1, -0.05) is 17.3 Å². The molecule has 9 heteroatoms. The summed E-state index contributed by atoms with van der Waals surface area (Å²) in [7, 11) is 0. The zero-order valence-electron chi connectivity index (χ0n) is 14.3. The number of anilines is 1. The minimum Gasteiger partial charge on any atom is -0.339 e. The van der Waals surface area contributed by atoms with E-state index in [1.54, 1.807) is 0 Å². The summed E-state index contributed by atoms with van der Waals surface area (Å²) in [6, 6.07) is 9.98. The molecule has 144 valence electrons. The Morgan fingerprint density at radius 1 is 1.04 bits per heavy atom. The molecular formula is C19H13F4N3O2. The highest BCUT2D eigenvalue weighted by Crippen LogP contribution is 2.33. The van der Waals surface area contributed by atoms with E-state index in [4.69, 9.17) is 4.52 Å². The van der Waals surface area contributed by atoms with Crippen LogP contribution >= 0.6 is 0 Å². The summed E-state index contributed by atoms with van der Waals surface area (Å²) >= 11 is 0. The maximum absolute atomic E-state index is 13.1. The van der Waals surface area contributed by atoms with Gasteiger partial charge in [0.05, 0.1) is 11.5 Å².